The predicted octanol–water partition coefficient (Wildman–Crippen LogP) is 5.39. The van der Waals surface area contributed by atoms with E-state index in [0.29, 0.717) is 0 Å². The van der Waals surface area contributed by atoms with E-state index < -0.39 is 0 Å². The average Bonchev–Trinajstić information content (AvgIpc) is 2.70. The molecule has 1 rings (SSSR count). The average molecular weight is 453 g/mol. The second kappa shape index (κ2) is 17.3. The highest BCUT2D eigenvalue weighted by Crippen LogP contribution is 2.10. The molecular weight excluding hydrogens is 392 g/mol. The molecule has 0 spiro atoms. The Hall–Kier alpha value is -0.160. The molecule has 0 aromatic rings. The first kappa shape index (κ1) is 29.9. The summed E-state index contributed by atoms with van der Waals surface area (Å²) in [6.07, 6.45) is 5.28. The standard InChI is InChI=1S/C28H60N4/c1-25(2)9-13-29-17-19-30(14-10-26(3)4)21-23-32(16-12-28(7)8)24-22-31(20-18-29)15-11-27(5)6/h25-28H,9-24H2,1-8H3. The quantitative estimate of drug-likeness (QED) is 0.393. The third kappa shape index (κ3) is 15.6. The van der Waals surface area contributed by atoms with Gasteiger partial charge < -0.3 is 19.6 Å². The Balaban J connectivity index is 2.84. The van der Waals surface area contributed by atoms with Crippen LogP contribution < -0.4 is 0 Å². The molecule has 0 saturated carbocycles. The Labute approximate surface area is 203 Å². The summed E-state index contributed by atoms with van der Waals surface area (Å²) in [5, 5.41) is 0. The molecule has 1 aliphatic rings. The van der Waals surface area contributed by atoms with Crippen molar-refractivity contribution < 1.29 is 0 Å². The van der Waals surface area contributed by atoms with Gasteiger partial charge in [0.2, 0.25) is 0 Å². The Morgan fingerprint density at radius 3 is 0.625 bits per heavy atom. The van der Waals surface area contributed by atoms with Gasteiger partial charge in [0.1, 0.15) is 0 Å². The molecule has 0 N–H and O–H groups in total. The lowest BCUT2D eigenvalue weighted by molar-refractivity contribution is 0.124. The van der Waals surface area contributed by atoms with Crippen LogP contribution in [0.3, 0.4) is 0 Å². The predicted molar refractivity (Wildman–Crippen MR) is 144 cm³/mol. The van der Waals surface area contributed by atoms with E-state index in [1.807, 2.05) is 0 Å². The van der Waals surface area contributed by atoms with Crippen LogP contribution in [0.4, 0.5) is 0 Å². The van der Waals surface area contributed by atoms with Crippen LogP contribution in [0.5, 0.6) is 0 Å². The highest BCUT2D eigenvalue weighted by molar-refractivity contribution is 4.73. The molecule has 1 fully saturated rings. The number of rotatable bonds is 12. The fourth-order valence-corrected chi connectivity index (χ4v) is 4.24. The van der Waals surface area contributed by atoms with Crippen molar-refractivity contribution in [2.75, 3.05) is 78.5 Å². The number of hydrogen-bond acceptors (Lipinski definition) is 4. The van der Waals surface area contributed by atoms with Gasteiger partial charge in [-0.15, -0.1) is 0 Å². The molecule has 4 nitrogen and oxygen atoms in total. The smallest absolute Gasteiger partial charge is 0.0110 e. The molecule has 32 heavy (non-hydrogen) atoms. The van der Waals surface area contributed by atoms with Gasteiger partial charge in [-0.2, -0.15) is 0 Å². The van der Waals surface area contributed by atoms with E-state index in [0.717, 1.165) is 23.7 Å². The zero-order valence-corrected chi connectivity index (χ0v) is 23.4. The summed E-state index contributed by atoms with van der Waals surface area (Å²) >= 11 is 0. The molecule has 4 heteroatoms. The van der Waals surface area contributed by atoms with Crippen LogP contribution in [0, 0.1) is 23.7 Å². The molecule has 0 aromatic carbocycles. The molecule has 0 amide bonds. The first-order chi connectivity index (χ1) is 15.2. The SMILES string of the molecule is CC(C)CCN1CCN(CCC(C)C)CCN(CCC(C)C)CCN(CCC(C)C)CC1. The summed E-state index contributed by atoms with van der Waals surface area (Å²) in [5.74, 6) is 3.17. The van der Waals surface area contributed by atoms with E-state index >= 15 is 0 Å². The monoisotopic (exact) mass is 452 g/mol. The van der Waals surface area contributed by atoms with Crippen molar-refractivity contribution in [1.29, 1.82) is 0 Å². The maximum atomic E-state index is 2.77. The van der Waals surface area contributed by atoms with E-state index in [4.69, 9.17) is 0 Å². The van der Waals surface area contributed by atoms with Crippen molar-refractivity contribution in [2.45, 2.75) is 81.1 Å². The summed E-state index contributed by atoms with van der Waals surface area (Å²) in [7, 11) is 0. The van der Waals surface area contributed by atoms with Crippen molar-refractivity contribution in [2.24, 2.45) is 23.7 Å². The Morgan fingerprint density at radius 2 is 0.500 bits per heavy atom. The second-order valence-electron chi connectivity index (χ2n) is 12.1. The highest BCUT2D eigenvalue weighted by atomic mass is 15.3. The molecule has 0 atom stereocenters. The minimum Gasteiger partial charge on any atom is -0.301 e. The summed E-state index contributed by atoms with van der Waals surface area (Å²) in [4.78, 5) is 11.1. The maximum absolute atomic E-state index is 2.77. The van der Waals surface area contributed by atoms with Crippen molar-refractivity contribution in [3.8, 4) is 0 Å². The fraction of sp³-hybridized carbons (Fsp3) is 1.00. The third-order valence-electron chi connectivity index (χ3n) is 7.02. The minimum atomic E-state index is 0.792. The first-order valence-corrected chi connectivity index (χ1v) is 14.0. The second-order valence-corrected chi connectivity index (χ2v) is 12.1. The first-order valence-electron chi connectivity index (χ1n) is 14.0. The minimum absolute atomic E-state index is 0.792. The van der Waals surface area contributed by atoms with Gasteiger partial charge in [-0.1, -0.05) is 55.4 Å². The summed E-state index contributed by atoms with van der Waals surface area (Å²) in [5.41, 5.74) is 0. The van der Waals surface area contributed by atoms with Crippen molar-refractivity contribution >= 4 is 0 Å². The van der Waals surface area contributed by atoms with Crippen LogP contribution in [0.2, 0.25) is 0 Å². The van der Waals surface area contributed by atoms with Crippen LogP contribution in [-0.4, -0.2) is 98.1 Å². The lowest BCUT2D eigenvalue weighted by Crippen LogP contribution is -2.47. The van der Waals surface area contributed by atoms with E-state index in [1.165, 1.54) is 104 Å². The summed E-state index contributed by atoms with van der Waals surface area (Å²) < 4.78 is 0. The molecule has 0 aliphatic carbocycles. The van der Waals surface area contributed by atoms with Gasteiger partial charge >= 0.3 is 0 Å². The van der Waals surface area contributed by atoms with Crippen LogP contribution in [0.25, 0.3) is 0 Å². The van der Waals surface area contributed by atoms with E-state index in [-0.39, 0.29) is 0 Å². The van der Waals surface area contributed by atoms with Crippen LogP contribution in [0.15, 0.2) is 0 Å². The van der Waals surface area contributed by atoms with E-state index in [9.17, 15) is 0 Å². The van der Waals surface area contributed by atoms with E-state index in [2.05, 4.69) is 75.0 Å². The molecule has 1 heterocycles. The Kier molecular flexibility index (Phi) is 16.2. The van der Waals surface area contributed by atoms with Crippen molar-refractivity contribution in [1.82, 2.24) is 19.6 Å². The molecule has 0 aromatic heterocycles. The molecule has 1 saturated heterocycles. The molecular formula is C28H60N4. The van der Waals surface area contributed by atoms with Crippen molar-refractivity contribution in [3.63, 3.8) is 0 Å². The third-order valence-corrected chi connectivity index (χ3v) is 7.02. The van der Waals surface area contributed by atoms with Crippen LogP contribution in [0.1, 0.15) is 81.1 Å². The van der Waals surface area contributed by atoms with Crippen LogP contribution >= 0.6 is 0 Å². The number of nitrogens with zero attached hydrogens (tertiary/aromatic N) is 4. The summed E-state index contributed by atoms with van der Waals surface area (Å²) in [6.45, 7) is 33.8. The van der Waals surface area contributed by atoms with Gasteiger partial charge in [0.05, 0.1) is 0 Å². The maximum Gasteiger partial charge on any atom is 0.0110 e. The Bertz CT molecular complexity index is 339. The van der Waals surface area contributed by atoms with Gasteiger partial charge in [-0.25, -0.2) is 0 Å². The summed E-state index contributed by atoms with van der Waals surface area (Å²) in [6, 6.07) is 0. The topological polar surface area (TPSA) is 13.0 Å². The highest BCUT2D eigenvalue weighted by Gasteiger charge is 2.17. The van der Waals surface area contributed by atoms with Gasteiger partial charge in [0.15, 0.2) is 0 Å². The van der Waals surface area contributed by atoms with Crippen LogP contribution in [-0.2, 0) is 0 Å². The van der Waals surface area contributed by atoms with Gasteiger partial charge in [0.25, 0.3) is 0 Å². The Morgan fingerprint density at radius 1 is 0.344 bits per heavy atom. The molecule has 0 bridgehead atoms. The van der Waals surface area contributed by atoms with Gasteiger partial charge in [-0.05, 0) is 75.5 Å². The lowest BCUT2D eigenvalue weighted by atomic mass is 10.1. The van der Waals surface area contributed by atoms with Gasteiger partial charge in [-0.3, -0.25) is 0 Å². The molecule has 192 valence electrons. The lowest BCUT2D eigenvalue weighted by Gasteiger charge is -2.35. The largest absolute Gasteiger partial charge is 0.301 e. The fourth-order valence-electron chi connectivity index (χ4n) is 4.24. The molecule has 0 radical (unpaired) electrons. The molecule has 1 aliphatic heterocycles. The van der Waals surface area contributed by atoms with E-state index in [1.54, 1.807) is 0 Å². The zero-order chi connectivity index (χ0) is 23.9. The molecule has 0 unspecified atom stereocenters. The normalized spacial score (nSPS) is 19.9. The van der Waals surface area contributed by atoms with Gasteiger partial charge in [0, 0.05) is 52.4 Å². The zero-order valence-electron chi connectivity index (χ0n) is 23.4. The number of hydrogen-bond donors (Lipinski definition) is 0. The van der Waals surface area contributed by atoms with Crippen molar-refractivity contribution in [3.05, 3.63) is 0 Å².